The van der Waals surface area contributed by atoms with Crippen molar-refractivity contribution in [2.45, 2.75) is 20.0 Å². The lowest BCUT2D eigenvalue weighted by molar-refractivity contribution is 0.100. The summed E-state index contributed by atoms with van der Waals surface area (Å²) < 4.78 is 18.5. The predicted octanol–water partition coefficient (Wildman–Crippen LogP) is 5.77. The summed E-state index contributed by atoms with van der Waals surface area (Å²) in [5.74, 6) is 0.139. The van der Waals surface area contributed by atoms with Gasteiger partial charge in [0.2, 0.25) is 5.78 Å². The minimum atomic E-state index is -0.245. The first-order chi connectivity index (χ1) is 14.0. The molecule has 0 aliphatic heterocycles. The number of rotatable bonds is 6. The van der Waals surface area contributed by atoms with E-state index in [2.05, 4.69) is 6.07 Å². The monoisotopic (exact) mass is 406 g/mol. The van der Waals surface area contributed by atoms with Crippen LogP contribution in [0.1, 0.15) is 37.9 Å². The van der Waals surface area contributed by atoms with Crippen LogP contribution in [-0.4, -0.2) is 10.9 Å². The fourth-order valence-corrected chi connectivity index (χ4v) is 4.20. The number of carbonyl (C=O) groups is 1. The van der Waals surface area contributed by atoms with Crippen LogP contribution in [0.25, 0.3) is 10.4 Å². The maximum Gasteiger partial charge on any atom is 0.228 e. The molecule has 0 saturated carbocycles. The molecule has 0 aliphatic rings. The predicted molar refractivity (Wildman–Crippen MR) is 112 cm³/mol. The van der Waals surface area contributed by atoms with Crippen molar-refractivity contribution in [2.24, 2.45) is 0 Å². The second-order valence-corrected chi connectivity index (χ2v) is 8.01. The van der Waals surface area contributed by atoms with E-state index in [0.29, 0.717) is 17.7 Å². The highest BCUT2D eigenvalue weighted by atomic mass is 32.1. The number of furan rings is 1. The van der Waals surface area contributed by atoms with Gasteiger partial charge in [-0.3, -0.25) is 4.79 Å². The van der Waals surface area contributed by atoms with Crippen molar-refractivity contribution in [1.82, 2.24) is 0 Å². The Kier molecular flexibility index (Phi) is 5.43. The molecule has 3 nitrogen and oxygen atoms in total. The molecule has 0 fully saturated rings. The van der Waals surface area contributed by atoms with E-state index in [4.69, 9.17) is 9.52 Å². The fraction of sp³-hybridized carbons (Fsp3) is 0.125. The molecule has 2 aromatic carbocycles. The number of thiophene rings is 1. The molecule has 0 aliphatic carbocycles. The van der Waals surface area contributed by atoms with Crippen molar-refractivity contribution >= 4 is 17.1 Å². The Hall–Kier alpha value is -3.02. The summed E-state index contributed by atoms with van der Waals surface area (Å²) in [6.07, 6.45) is 0.707. The molecule has 0 radical (unpaired) electrons. The lowest BCUT2D eigenvalue weighted by atomic mass is 9.99. The number of aliphatic hydroxyl groups excluding tert-OH is 1. The SMILES string of the molecule is Cc1ccc(C(=O)c2ccc(CO)o2)cc1Cc1ccc(-c2ccc(F)cc2)s1. The highest BCUT2D eigenvalue weighted by molar-refractivity contribution is 7.15. The van der Waals surface area contributed by atoms with E-state index in [1.807, 2.05) is 25.1 Å². The first kappa shape index (κ1) is 19.3. The van der Waals surface area contributed by atoms with Crippen LogP contribution >= 0.6 is 11.3 Å². The lowest BCUT2D eigenvalue weighted by Crippen LogP contribution is -2.02. The van der Waals surface area contributed by atoms with Gasteiger partial charge in [0, 0.05) is 21.7 Å². The first-order valence-electron chi connectivity index (χ1n) is 9.22. The summed E-state index contributed by atoms with van der Waals surface area (Å²) in [7, 11) is 0. The minimum absolute atomic E-state index is 0.205. The first-order valence-corrected chi connectivity index (χ1v) is 10.0. The van der Waals surface area contributed by atoms with E-state index in [0.717, 1.165) is 26.4 Å². The van der Waals surface area contributed by atoms with Gasteiger partial charge in [0.1, 0.15) is 18.2 Å². The minimum Gasteiger partial charge on any atom is -0.455 e. The number of aryl methyl sites for hydroxylation is 1. The van der Waals surface area contributed by atoms with Gasteiger partial charge in [0.05, 0.1) is 0 Å². The number of hydrogen-bond donors (Lipinski definition) is 1. The topological polar surface area (TPSA) is 50.4 Å². The summed E-state index contributed by atoms with van der Waals surface area (Å²) in [6, 6.07) is 19.4. The summed E-state index contributed by atoms with van der Waals surface area (Å²) in [6.45, 7) is 1.79. The molecular formula is C24H19FO3S. The van der Waals surface area contributed by atoms with Crippen LogP contribution in [0.3, 0.4) is 0 Å². The molecule has 5 heteroatoms. The number of ketones is 1. The van der Waals surface area contributed by atoms with Crippen molar-refractivity contribution in [3.63, 3.8) is 0 Å². The molecule has 0 unspecified atom stereocenters. The molecule has 0 spiro atoms. The van der Waals surface area contributed by atoms with Crippen molar-refractivity contribution in [1.29, 1.82) is 0 Å². The van der Waals surface area contributed by atoms with E-state index in [-0.39, 0.29) is 24.0 Å². The quantitative estimate of drug-likeness (QED) is 0.414. The van der Waals surface area contributed by atoms with Crippen molar-refractivity contribution < 1.29 is 18.7 Å². The van der Waals surface area contributed by atoms with E-state index >= 15 is 0 Å². The maximum absolute atomic E-state index is 13.1. The number of hydrogen-bond acceptors (Lipinski definition) is 4. The van der Waals surface area contributed by atoms with Crippen LogP contribution in [0.15, 0.2) is 71.1 Å². The number of carbonyl (C=O) groups excluding carboxylic acids is 1. The van der Waals surface area contributed by atoms with Gasteiger partial charge in [-0.05, 0) is 66.1 Å². The fourth-order valence-electron chi connectivity index (χ4n) is 3.16. The Morgan fingerprint density at radius 3 is 2.55 bits per heavy atom. The summed E-state index contributed by atoms with van der Waals surface area (Å²) >= 11 is 1.66. The number of aliphatic hydroxyl groups is 1. The zero-order valence-electron chi connectivity index (χ0n) is 15.8. The zero-order valence-corrected chi connectivity index (χ0v) is 16.6. The van der Waals surface area contributed by atoms with Gasteiger partial charge in [-0.1, -0.05) is 24.3 Å². The molecular weight excluding hydrogens is 387 g/mol. The van der Waals surface area contributed by atoms with Gasteiger partial charge < -0.3 is 9.52 Å². The Bertz CT molecular complexity index is 1160. The van der Waals surface area contributed by atoms with Gasteiger partial charge in [0.25, 0.3) is 0 Å². The van der Waals surface area contributed by atoms with Gasteiger partial charge in [0.15, 0.2) is 5.76 Å². The number of benzene rings is 2. The molecule has 146 valence electrons. The average molecular weight is 406 g/mol. The lowest BCUT2D eigenvalue weighted by Gasteiger charge is -2.07. The molecule has 0 amide bonds. The third kappa shape index (κ3) is 4.21. The molecule has 0 saturated heterocycles. The normalized spacial score (nSPS) is 11.0. The Balaban J connectivity index is 1.57. The van der Waals surface area contributed by atoms with Crippen LogP contribution in [0.5, 0.6) is 0 Å². The smallest absolute Gasteiger partial charge is 0.228 e. The van der Waals surface area contributed by atoms with Crippen LogP contribution in [0.2, 0.25) is 0 Å². The molecule has 0 bridgehead atoms. The molecule has 29 heavy (non-hydrogen) atoms. The molecule has 2 aromatic heterocycles. The Morgan fingerprint density at radius 2 is 1.83 bits per heavy atom. The molecule has 2 heterocycles. The van der Waals surface area contributed by atoms with Gasteiger partial charge in [-0.15, -0.1) is 11.3 Å². The standard InChI is InChI=1S/C24H19FO3S/c1-15-2-3-17(24(27)22-10-8-20(14-26)28-22)12-18(15)13-21-9-11-23(29-21)16-4-6-19(25)7-5-16/h2-12,26H,13-14H2,1H3. The number of halogens is 1. The van der Waals surface area contributed by atoms with E-state index in [1.54, 1.807) is 41.7 Å². The summed E-state index contributed by atoms with van der Waals surface area (Å²) in [5.41, 5.74) is 3.71. The third-order valence-corrected chi connectivity index (χ3v) is 5.94. The molecule has 4 rings (SSSR count). The summed E-state index contributed by atoms with van der Waals surface area (Å²) in [4.78, 5) is 14.9. The van der Waals surface area contributed by atoms with Crippen LogP contribution in [0.4, 0.5) is 4.39 Å². The molecule has 1 N–H and O–H groups in total. The average Bonchev–Trinajstić information content (AvgIpc) is 3.39. The molecule has 0 atom stereocenters. The van der Waals surface area contributed by atoms with Crippen LogP contribution in [-0.2, 0) is 13.0 Å². The maximum atomic E-state index is 13.1. The largest absolute Gasteiger partial charge is 0.455 e. The van der Waals surface area contributed by atoms with E-state index < -0.39 is 0 Å². The highest BCUT2D eigenvalue weighted by Crippen LogP contribution is 2.30. The van der Waals surface area contributed by atoms with E-state index in [9.17, 15) is 9.18 Å². The second kappa shape index (κ2) is 8.15. The van der Waals surface area contributed by atoms with Crippen LogP contribution < -0.4 is 0 Å². The van der Waals surface area contributed by atoms with Gasteiger partial charge in [-0.25, -0.2) is 4.39 Å². The summed E-state index contributed by atoms with van der Waals surface area (Å²) in [5, 5.41) is 9.12. The zero-order chi connectivity index (χ0) is 20.4. The van der Waals surface area contributed by atoms with Crippen molar-refractivity contribution in [2.75, 3.05) is 0 Å². The van der Waals surface area contributed by atoms with Gasteiger partial charge >= 0.3 is 0 Å². The van der Waals surface area contributed by atoms with Crippen LogP contribution in [0, 0.1) is 12.7 Å². The van der Waals surface area contributed by atoms with Crippen molar-refractivity contribution in [3.05, 3.63) is 106 Å². The van der Waals surface area contributed by atoms with Crippen molar-refractivity contribution in [3.8, 4) is 10.4 Å². The Labute approximate surface area is 172 Å². The van der Waals surface area contributed by atoms with Gasteiger partial charge in [-0.2, -0.15) is 0 Å². The molecule has 4 aromatic rings. The van der Waals surface area contributed by atoms with E-state index in [1.165, 1.54) is 12.1 Å². The third-order valence-electron chi connectivity index (χ3n) is 4.81. The Morgan fingerprint density at radius 1 is 1.03 bits per heavy atom. The second-order valence-electron chi connectivity index (χ2n) is 6.84. The highest BCUT2D eigenvalue weighted by Gasteiger charge is 2.15.